The third-order valence-electron chi connectivity index (χ3n) is 5.22. The minimum Gasteiger partial charge on any atom is -0.312 e. The first-order valence-corrected chi connectivity index (χ1v) is 8.28. The van der Waals surface area contributed by atoms with Crippen molar-refractivity contribution in [3.05, 3.63) is 29.8 Å². The van der Waals surface area contributed by atoms with Crippen molar-refractivity contribution in [2.75, 3.05) is 11.4 Å². The van der Waals surface area contributed by atoms with E-state index < -0.39 is 18.0 Å². The van der Waals surface area contributed by atoms with Gasteiger partial charge in [0.05, 0.1) is 5.41 Å². The maximum atomic E-state index is 12.8. The van der Waals surface area contributed by atoms with E-state index in [4.69, 9.17) is 0 Å². The van der Waals surface area contributed by atoms with Crippen molar-refractivity contribution in [2.24, 2.45) is 5.41 Å². The Hall–Kier alpha value is -1.85. The number of anilines is 1. The maximum Gasteiger partial charge on any atom is 0.389 e. The monoisotopic (exact) mass is 339 g/mol. The minimum absolute atomic E-state index is 0.0518. The van der Waals surface area contributed by atoms with Crippen molar-refractivity contribution >= 4 is 17.4 Å². The van der Waals surface area contributed by atoms with Gasteiger partial charge in [-0.15, -0.1) is 0 Å². The van der Waals surface area contributed by atoms with Crippen LogP contribution in [0, 0.1) is 5.41 Å². The van der Waals surface area contributed by atoms with Crippen molar-refractivity contribution < 1.29 is 22.8 Å². The third-order valence-corrected chi connectivity index (χ3v) is 5.22. The van der Waals surface area contributed by atoms with Crippen LogP contribution in [0.3, 0.4) is 0 Å². The minimum atomic E-state index is -4.16. The Labute approximate surface area is 138 Å². The molecule has 0 atom stereocenters. The van der Waals surface area contributed by atoms with Crippen molar-refractivity contribution in [2.45, 2.75) is 51.1 Å². The molecule has 0 radical (unpaired) electrons. The molecule has 6 heteroatoms. The summed E-state index contributed by atoms with van der Waals surface area (Å²) in [5, 5.41) is 0. The number of aryl methyl sites for hydroxylation is 1. The van der Waals surface area contributed by atoms with E-state index in [-0.39, 0.29) is 18.1 Å². The van der Waals surface area contributed by atoms with Gasteiger partial charge in [-0.05, 0) is 43.4 Å². The fourth-order valence-corrected chi connectivity index (χ4v) is 3.67. The molecule has 1 aliphatic heterocycles. The number of carbonyl (C=O) groups excluding carboxylic acids is 2. The Morgan fingerprint density at radius 3 is 2.21 bits per heavy atom. The second-order valence-electron chi connectivity index (χ2n) is 6.81. The smallest absolute Gasteiger partial charge is 0.312 e. The van der Waals surface area contributed by atoms with Crippen LogP contribution < -0.4 is 4.90 Å². The summed E-state index contributed by atoms with van der Waals surface area (Å²) in [6, 6.07) is 6.75. The lowest BCUT2D eigenvalue weighted by Gasteiger charge is -2.31. The van der Waals surface area contributed by atoms with Crippen molar-refractivity contribution in [1.82, 2.24) is 0 Å². The number of amides is 1. The first-order valence-electron chi connectivity index (χ1n) is 8.28. The molecular formula is C18H20F3NO2. The van der Waals surface area contributed by atoms with Gasteiger partial charge in [-0.3, -0.25) is 9.59 Å². The normalized spacial score (nSPS) is 20.9. The van der Waals surface area contributed by atoms with E-state index >= 15 is 0 Å². The number of benzene rings is 1. The van der Waals surface area contributed by atoms with Crippen LogP contribution in [0.1, 0.15) is 44.1 Å². The molecule has 1 spiro atoms. The van der Waals surface area contributed by atoms with Crippen LogP contribution in [-0.4, -0.2) is 24.4 Å². The van der Waals surface area contributed by atoms with Gasteiger partial charge in [0.1, 0.15) is 5.78 Å². The molecule has 1 aromatic carbocycles. The molecule has 0 bridgehead atoms. The maximum absolute atomic E-state index is 12.8. The molecule has 130 valence electrons. The van der Waals surface area contributed by atoms with E-state index in [1.54, 1.807) is 29.2 Å². The highest BCUT2D eigenvalue weighted by molar-refractivity contribution is 6.01. The third kappa shape index (κ3) is 3.47. The molecule has 2 aliphatic rings. The molecule has 2 fully saturated rings. The zero-order valence-corrected chi connectivity index (χ0v) is 13.4. The van der Waals surface area contributed by atoms with Crippen molar-refractivity contribution in [1.29, 1.82) is 0 Å². The van der Waals surface area contributed by atoms with Gasteiger partial charge in [-0.25, -0.2) is 0 Å². The summed E-state index contributed by atoms with van der Waals surface area (Å²) in [5.41, 5.74) is 0.924. The molecule has 3 rings (SSSR count). The molecular weight excluding hydrogens is 319 g/mol. The van der Waals surface area contributed by atoms with Crippen LogP contribution >= 0.6 is 0 Å². The van der Waals surface area contributed by atoms with Gasteiger partial charge in [-0.1, -0.05) is 12.1 Å². The molecule has 0 unspecified atom stereocenters. The molecule has 24 heavy (non-hydrogen) atoms. The van der Waals surface area contributed by atoms with Crippen molar-refractivity contribution in [3.63, 3.8) is 0 Å². The highest BCUT2D eigenvalue weighted by Gasteiger charge is 2.48. The number of halogens is 3. The standard InChI is InChI=1S/C18H20F3NO2/c19-18(20,21)10-5-13-1-3-14(4-2-13)22-12-11-17(16(22)24)8-6-15(23)7-9-17/h1-4H,5-12H2. The summed E-state index contributed by atoms with van der Waals surface area (Å²) in [5.74, 6) is 0.277. The van der Waals surface area contributed by atoms with Crippen LogP contribution in [0.25, 0.3) is 0 Å². The van der Waals surface area contributed by atoms with Gasteiger partial charge in [0, 0.05) is 31.5 Å². The van der Waals surface area contributed by atoms with E-state index in [0.717, 1.165) is 12.1 Å². The zero-order valence-electron chi connectivity index (χ0n) is 13.4. The lowest BCUT2D eigenvalue weighted by molar-refractivity contribution is -0.134. The fraction of sp³-hybridized carbons (Fsp3) is 0.556. The van der Waals surface area contributed by atoms with E-state index in [1.165, 1.54) is 0 Å². The Morgan fingerprint density at radius 1 is 1.00 bits per heavy atom. The Balaban J connectivity index is 1.67. The van der Waals surface area contributed by atoms with Crippen LogP contribution in [0.15, 0.2) is 24.3 Å². The highest BCUT2D eigenvalue weighted by atomic mass is 19.4. The Morgan fingerprint density at radius 2 is 1.62 bits per heavy atom. The zero-order chi connectivity index (χ0) is 17.4. The molecule has 1 saturated heterocycles. The van der Waals surface area contributed by atoms with Crippen LogP contribution in [-0.2, 0) is 16.0 Å². The number of Topliss-reactive ketones (excluding diaryl/α,β-unsaturated/α-hetero) is 1. The molecule has 1 amide bonds. The molecule has 1 heterocycles. The Kier molecular flexibility index (Phi) is 4.40. The molecule has 1 aliphatic carbocycles. The quantitative estimate of drug-likeness (QED) is 0.833. The number of rotatable bonds is 3. The molecule has 0 N–H and O–H groups in total. The number of ketones is 1. The fourth-order valence-electron chi connectivity index (χ4n) is 3.67. The summed E-state index contributed by atoms with van der Waals surface area (Å²) in [6.45, 7) is 0.606. The van der Waals surface area contributed by atoms with E-state index in [0.29, 0.717) is 37.8 Å². The van der Waals surface area contributed by atoms with Crippen LogP contribution in [0.5, 0.6) is 0 Å². The van der Waals surface area contributed by atoms with Gasteiger partial charge >= 0.3 is 6.18 Å². The van der Waals surface area contributed by atoms with Gasteiger partial charge < -0.3 is 4.90 Å². The molecule has 3 nitrogen and oxygen atoms in total. The lowest BCUT2D eigenvalue weighted by atomic mass is 9.72. The summed E-state index contributed by atoms with van der Waals surface area (Å²) in [6.07, 6.45) is -2.14. The average molecular weight is 339 g/mol. The number of alkyl halides is 3. The average Bonchev–Trinajstić information content (AvgIpc) is 2.85. The summed E-state index contributed by atoms with van der Waals surface area (Å²) < 4.78 is 36.8. The van der Waals surface area contributed by atoms with E-state index in [9.17, 15) is 22.8 Å². The van der Waals surface area contributed by atoms with Crippen LogP contribution in [0.4, 0.5) is 18.9 Å². The summed E-state index contributed by atoms with van der Waals surface area (Å²) >= 11 is 0. The molecule has 1 aromatic rings. The first kappa shape index (κ1) is 17.0. The van der Waals surface area contributed by atoms with Gasteiger partial charge in [-0.2, -0.15) is 13.2 Å². The van der Waals surface area contributed by atoms with Gasteiger partial charge in [0.15, 0.2) is 0 Å². The van der Waals surface area contributed by atoms with Gasteiger partial charge in [0.25, 0.3) is 0 Å². The Bertz CT molecular complexity index is 627. The van der Waals surface area contributed by atoms with Crippen LogP contribution in [0.2, 0.25) is 0 Å². The van der Waals surface area contributed by atoms with Crippen molar-refractivity contribution in [3.8, 4) is 0 Å². The predicted octanol–water partition coefficient (Wildman–Crippen LogP) is 4.05. The first-order chi connectivity index (χ1) is 11.3. The lowest BCUT2D eigenvalue weighted by Crippen LogP contribution is -2.37. The largest absolute Gasteiger partial charge is 0.389 e. The topological polar surface area (TPSA) is 37.4 Å². The SMILES string of the molecule is O=C1CCC2(CC1)CCN(c1ccc(CCC(F)(F)F)cc1)C2=O. The number of hydrogen-bond donors (Lipinski definition) is 0. The summed E-state index contributed by atoms with van der Waals surface area (Å²) in [4.78, 5) is 25.9. The second kappa shape index (κ2) is 6.22. The summed E-state index contributed by atoms with van der Waals surface area (Å²) in [7, 11) is 0. The van der Waals surface area contributed by atoms with E-state index in [2.05, 4.69) is 0 Å². The van der Waals surface area contributed by atoms with E-state index in [1.807, 2.05) is 0 Å². The second-order valence-corrected chi connectivity index (χ2v) is 6.81. The number of carbonyl (C=O) groups is 2. The number of hydrogen-bond acceptors (Lipinski definition) is 2. The predicted molar refractivity (Wildman–Crippen MR) is 83.7 cm³/mol. The highest BCUT2D eigenvalue weighted by Crippen LogP contribution is 2.45. The molecule has 0 aromatic heterocycles. The number of nitrogens with zero attached hydrogens (tertiary/aromatic N) is 1. The van der Waals surface area contributed by atoms with Gasteiger partial charge in [0.2, 0.25) is 5.91 Å². The molecule has 1 saturated carbocycles.